The lowest BCUT2D eigenvalue weighted by Gasteiger charge is -2.44. The molecule has 0 aliphatic heterocycles. The average Bonchev–Trinajstić information content (AvgIpc) is 2.74. The van der Waals surface area contributed by atoms with Gasteiger partial charge >= 0.3 is 5.97 Å². The largest absolute Gasteiger partial charge is 0.480 e. The molecule has 0 radical (unpaired) electrons. The molecule has 1 saturated carbocycles. The molecule has 0 unspecified atom stereocenters. The summed E-state index contributed by atoms with van der Waals surface area (Å²) in [6.07, 6.45) is 3.90. The van der Waals surface area contributed by atoms with Crippen molar-refractivity contribution in [3.63, 3.8) is 0 Å². The molecule has 4 nitrogen and oxygen atoms in total. The van der Waals surface area contributed by atoms with Gasteiger partial charge in [-0.2, -0.15) is 0 Å². The van der Waals surface area contributed by atoms with E-state index in [2.05, 4.69) is 81.4 Å². The van der Waals surface area contributed by atoms with E-state index >= 15 is 0 Å². The van der Waals surface area contributed by atoms with Gasteiger partial charge in [-0.1, -0.05) is 81.4 Å². The molecule has 0 spiro atoms. The van der Waals surface area contributed by atoms with Crippen molar-refractivity contribution in [1.29, 1.82) is 0 Å². The van der Waals surface area contributed by atoms with Gasteiger partial charge in [0.15, 0.2) is 0 Å². The van der Waals surface area contributed by atoms with E-state index in [1.807, 2.05) is 0 Å². The van der Waals surface area contributed by atoms with Gasteiger partial charge in [-0.3, -0.25) is 0 Å². The SMILES string of the molecule is CC(C)(C)[Si](OCC1CCC(OCC(=O)O)CC1)(c1ccccc1)c1ccccc1. The lowest BCUT2D eigenvalue weighted by Crippen LogP contribution is -2.67. The molecule has 0 atom stereocenters. The van der Waals surface area contributed by atoms with Crippen molar-refractivity contribution in [1.82, 2.24) is 0 Å². The van der Waals surface area contributed by atoms with Crippen LogP contribution < -0.4 is 10.4 Å². The Bertz CT molecular complexity index is 753. The average molecular weight is 427 g/mol. The van der Waals surface area contributed by atoms with Gasteiger partial charge in [0.05, 0.1) is 6.10 Å². The number of carboxylic acids is 1. The monoisotopic (exact) mass is 426 g/mol. The number of hydrogen-bond acceptors (Lipinski definition) is 3. The summed E-state index contributed by atoms with van der Waals surface area (Å²) in [7, 11) is -2.49. The predicted molar refractivity (Wildman–Crippen MR) is 123 cm³/mol. The maximum absolute atomic E-state index is 10.7. The minimum Gasteiger partial charge on any atom is -0.480 e. The van der Waals surface area contributed by atoms with Gasteiger partial charge in [-0.05, 0) is 47.0 Å². The summed E-state index contributed by atoms with van der Waals surface area (Å²) in [5.74, 6) is -0.413. The van der Waals surface area contributed by atoms with Crippen LogP contribution in [0, 0.1) is 5.92 Å². The summed E-state index contributed by atoms with van der Waals surface area (Å²) in [5.41, 5.74) is 0. The predicted octanol–water partition coefficient (Wildman–Crippen LogP) is 4.22. The number of ether oxygens (including phenoxy) is 1. The van der Waals surface area contributed by atoms with Crippen LogP contribution in [-0.2, 0) is 14.0 Å². The zero-order valence-corrected chi connectivity index (χ0v) is 19.3. The molecule has 1 aliphatic carbocycles. The summed E-state index contributed by atoms with van der Waals surface area (Å²) < 4.78 is 12.5. The van der Waals surface area contributed by atoms with Crippen LogP contribution in [0.2, 0.25) is 5.04 Å². The minimum atomic E-state index is -2.49. The molecule has 0 heterocycles. The van der Waals surface area contributed by atoms with Crippen LogP contribution in [0.25, 0.3) is 0 Å². The Morgan fingerprint density at radius 3 is 1.87 bits per heavy atom. The first-order valence-corrected chi connectivity index (χ1v) is 12.8. The summed E-state index contributed by atoms with van der Waals surface area (Å²) >= 11 is 0. The number of carboxylic acid groups (broad SMARTS) is 1. The smallest absolute Gasteiger partial charge is 0.329 e. The Hall–Kier alpha value is -1.95. The Kier molecular flexibility index (Phi) is 7.50. The molecule has 0 aromatic heterocycles. The Morgan fingerprint density at radius 1 is 0.933 bits per heavy atom. The van der Waals surface area contributed by atoms with E-state index in [1.54, 1.807) is 0 Å². The summed E-state index contributed by atoms with van der Waals surface area (Å²) in [6, 6.07) is 21.5. The highest BCUT2D eigenvalue weighted by Gasteiger charge is 2.50. The van der Waals surface area contributed by atoms with Crippen LogP contribution in [0.1, 0.15) is 46.5 Å². The first-order valence-electron chi connectivity index (χ1n) is 10.9. The van der Waals surface area contributed by atoms with E-state index in [4.69, 9.17) is 14.3 Å². The lowest BCUT2D eigenvalue weighted by molar-refractivity contribution is -0.145. The maximum atomic E-state index is 10.7. The van der Waals surface area contributed by atoms with Crippen molar-refractivity contribution in [2.45, 2.75) is 57.6 Å². The number of benzene rings is 2. The van der Waals surface area contributed by atoms with Gasteiger partial charge in [-0.25, -0.2) is 4.79 Å². The summed E-state index contributed by atoms with van der Waals surface area (Å²) in [6.45, 7) is 7.44. The second-order valence-corrected chi connectivity index (χ2v) is 13.6. The fraction of sp³-hybridized carbons (Fsp3) is 0.480. The molecule has 3 rings (SSSR count). The van der Waals surface area contributed by atoms with Gasteiger partial charge in [0, 0.05) is 6.61 Å². The number of carbonyl (C=O) groups is 1. The highest BCUT2D eigenvalue weighted by Crippen LogP contribution is 2.38. The zero-order chi connectivity index (χ0) is 21.6. The number of aliphatic carboxylic acids is 1. The molecule has 30 heavy (non-hydrogen) atoms. The van der Waals surface area contributed by atoms with Gasteiger partial charge in [-0.15, -0.1) is 0 Å². The molecule has 2 aromatic carbocycles. The molecule has 1 fully saturated rings. The third-order valence-corrected chi connectivity index (χ3v) is 11.2. The molecule has 0 amide bonds. The van der Waals surface area contributed by atoms with E-state index in [0.717, 1.165) is 32.3 Å². The van der Waals surface area contributed by atoms with E-state index in [0.29, 0.717) is 5.92 Å². The number of rotatable bonds is 8. The zero-order valence-electron chi connectivity index (χ0n) is 18.3. The molecule has 2 aromatic rings. The molecule has 1 N–H and O–H groups in total. The maximum Gasteiger partial charge on any atom is 0.329 e. The van der Waals surface area contributed by atoms with Crippen LogP contribution >= 0.6 is 0 Å². The number of hydrogen-bond donors (Lipinski definition) is 1. The highest BCUT2D eigenvalue weighted by molar-refractivity contribution is 6.99. The third kappa shape index (κ3) is 5.20. The van der Waals surface area contributed by atoms with Gasteiger partial charge in [0.2, 0.25) is 0 Å². The Morgan fingerprint density at radius 2 is 1.43 bits per heavy atom. The van der Waals surface area contributed by atoms with Crippen molar-refractivity contribution >= 4 is 24.7 Å². The molecular formula is C25H34O4Si. The van der Waals surface area contributed by atoms with Gasteiger partial charge < -0.3 is 14.3 Å². The van der Waals surface area contributed by atoms with Gasteiger partial charge in [0.1, 0.15) is 6.61 Å². The quantitative estimate of drug-likeness (QED) is 0.642. The van der Waals surface area contributed by atoms with Crippen molar-refractivity contribution in [2.24, 2.45) is 5.92 Å². The van der Waals surface area contributed by atoms with E-state index in [9.17, 15) is 4.79 Å². The van der Waals surface area contributed by atoms with Crippen LogP contribution in [0.4, 0.5) is 0 Å². The molecule has 0 bridgehead atoms. The van der Waals surface area contributed by atoms with Crippen molar-refractivity contribution in [3.05, 3.63) is 60.7 Å². The van der Waals surface area contributed by atoms with E-state index in [-0.39, 0.29) is 17.7 Å². The van der Waals surface area contributed by atoms with Crippen LogP contribution in [0.15, 0.2) is 60.7 Å². The Labute approximate surface area is 181 Å². The fourth-order valence-electron chi connectivity index (χ4n) is 4.66. The molecular weight excluding hydrogens is 392 g/mol. The first-order chi connectivity index (χ1) is 14.3. The Balaban J connectivity index is 1.79. The standard InChI is InChI=1S/C25H34O4Si/c1-25(2,3)30(22-10-6-4-7-11-22,23-12-8-5-9-13-23)29-18-20-14-16-21(17-15-20)28-19-24(26)27/h4-13,20-21H,14-19H2,1-3H3,(H,26,27). The molecule has 1 aliphatic rings. The topological polar surface area (TPSA) is 55.8 Å². The first kappa shape index (κ1) is 22.7. The molecule has 5 heteroatoms. The fourth-order valence-corrected chi connectivity index (χ4v) is 9.30. The minimum absolute atomic E-state index is 0.0164. The van der Waals surface area contributed by atoms with Crippen molar-refractivity contribution in [2.75, 3.05) is 13.2 Å². The molecule has 162 valence electrons. The van der Waals surface area contributed by atoms with Crippen molar-refractivity contribution < 1.29 is 19.1 Å². The lowest BCUT2D eigenvalue weighted by atomic mass is 9.88. The van der Waals surface area contributed by atoms with Crippen LogP contribution in [-0.4, -0.2) is 38.7 Å². The second-order valence-electron chi connectivity index (χ2n) is 9.32. The van der Waals surface area contributed by atoms with Crippen molar-refractivity contribution in [3.8, 4) is 0 Å². The summed E-state index contributed by atoms with van der Waals surface area (Å²) in [5, 5.41) is 11.4. The second kappa shape index (κ2) is 9.90. The summed E-state index contributed by atoms with van der Waals surface area (Å²) in [4.78, 5) is 10.7. The third-order valence-electron chi connectivity index (χ3n) is 6.19. The van der Waals surface area contributed by atoms with Crippen LogP contribution in [0.5, 0.6) is 0 Å². The highest BCUT2D eigenvalue weighted by atomic mass is 28.4. The molecule has 0 saturated heterocycles. The van der Waals surface area contributed by atoms with E-state index < -0.39 is 14.3 Å². The normalized spacial score (nSPS) is 20.1. The van der Waals surface area contributed by atoms with Crippen LogP contribution in [0.3, 0.4) is 0 Å². The van der Waals surface area contributed by atoms with Gasteiger partial charge in [0.25, 0.3) is 8.32 Å². The van der Waals surface area contributed by atoms with E-state index in [1.165, 1.54) is 10.4 Å².